The fourth-order valence-corrected chi connectivity index (χ4v) is 3.09. The average molecular weight is 372 g/mol. The van der Waals surface area contributed by atoms with E-state index in [-0.39, 0.29) is 37.9 Å². The van der Waals surface area contributed by atoms with Crippen LogP contribution in [0.25, 0.3) is 0 Å². The second-order valence-electron chi connectivity index (χ2n) is 6.51. The fourth-order valence-electron chi connectivity index (χ4n) is 3.09. The van der Waals surface area contributed by atoms with Gasteiger partial charge in [-0.15, -0.1) is 0 Å². The molecule has 1 aliphatic heterocycles. The van der Waals surface area contributed by atoms with Crippen molar-refractivity contribution in [3.63, 3.8) is 0 Å². The number of hydrogen-bond donors (Lipinski definition) is 1. The molecule has 2 aromatic rings. The highest BCUT2D eigenvalue weighted by atomic mass is 19.1. The second kappa shape index (κ2) is 8.18. The number of primary amides is 1. The van der Waals surface area contributed by atoms with Gasteiger partial charge in [0, 0.05) is 12.1 Å². The summed E-state index contributed by atoms with van der Waals surface area (Å²) in [5.74, 6) is -0.626. The zero-order valence-corrected chi connectivity index (χ0v) is 14.8. The zero-order valence-electron chi connectivity index (χ0n) is 14.8. The van der Waals surface area contributed by atoms with E-state index in [1.54, 1.807) is 29.2 Å². The lowest BCUT2D eigenvalue weighted by molar-refractivity contribution is -0.142. The molecule has 1 fully saturated rings. The number of morpholine rings is 1. The molecule has 2 amide bonds. The maximum absolute atomic E-state index is 13.0. The third kappa shape index (κ3) is 4.83. The van der Waals surface area contributed by atoms with Gasteiger partial charge in [-0.2, -0.15) is 0 Å². The number of rotatable bonds is 6. The van der Waals surface area contributed by atoms with Crippen LogP contribution in [0.5, 0.6) is 5.75 Å². The van der Waals surface area contributed by atoms with E-state index in [4.69, 9.17) is 15.2 Å². The number of nitrogens with zero attached hydrogens (tertiary/aromatic N) is 1. The van der Waals surface area contributed by atoms with E-state index in [0.717, 1.165) is 0 Å². The van der Waals surface area contributed by atoms with Crippen LogP contribution < -0.4 is 10.5 Å². The summed E-state index contributed by atoms with van der Waals surface area (Å²) in [5.41, 5.74) is 4.91. The Morgan fingerprint density at radius 3 is 2.52 bits per heavy atom. The Labute approximate surface area is 156 Å². The summed E-state index contributed by atoms with van der Waals surface area (Å²) in [5, 5.41) is 0. The minimum atomic E-state index is -1.05. The molecule has 3 rings (SSSR count). The Morgan fingerprint density at radius 2 is 1.85 bits per heavy atom. The minimum Gasteiger partial charge on any atom is -0.490 e. The molecule has 0 aliphatic carbocycles. The number of halogens is 1. The van der Waals surface area contributed by atoms with Crippen LogP contribution in [0.1, 0.15) is 16.8 Å². The number of hydrogen-bond acceptors (Lipinski definition) is 4. The van der Waals surface area contributed by atoms with Gasteiger partial charge in [0.1, 0.15) is 23.8 Å². The van der Waals surface area contributed by atoms with Crippen LogP contribution in [0.4, 0.5) is 4.39 Å². The number of benzene rings is 2. The number of ether oxygens (including phenoxy) is 2. The van der Waals surface area contributed by atoms with Crippen molar-refractivity contribution in [2.75, 3.05) is 26.3 Å². The molecule has 1 aliphatic rings. The van der Waals surface area contributed by atoms with Gasteiger partial charge in [0.05, 0.1) is 19.6 Å². The first-order valence-electron chi connectivity index (χ1n) is 8.62. The van der Waals surface area contributed by atoms with Crippen LogP contribution in [-0.4, -0.2) is 48.6 Å². The zero-order chi connectivity index (χ0) is 19.3. The third-order valence-corrected chi connectivity index (χ3v) is 4.37. The fraction of sp³-hybridized carbons (Fsp3) is 0.300. The summed E-state index contributed by atoms with van der Waals surface area (Å²) in [7, 11) is 0. The van der Waals surface area contributed by atoms with Crippen LogP contribution in [-0.2, 0) is 9.53 Å². The van der Waals surface area contributed by atoms with Crippen molar-refractivity contribution >= 4 is 11.8 Å². The topological polar surface area (TPSA) is 81.9 Å². The molecule has 1 heterocycles. The maximum atomic E-state index is 13.0. The highest BCUT2D eigenvalue weighted by Gasteiger charge is 2.41. The Hall–Kier alpha value is -2.93. The highest BCUT2D eigenvalue weighted by molar-refractivity contribution is 5.94. The van der Waals surface area contributed by atoms with Gasteiger partial charge in [0.2, 0.25) is 5.91 Å². The molecule has 1 atom stereocenters. The van der Waals surface area contributed by atoms with Gasteiger partial charge < -0.3 is 20.1 Å². The lowest BCUT2D eigenvalue weighted by atomic mass is 9.97. The van der Waals surface area contributed by atoms with Crippen molar-refractivity contribution in [2.24, 2.45) is 5.73 Å². The molecule has 0 aromatic heterocycles. The molecule has 0 spiro atoms. The first-order chi connectivity index (χ1) is 13.0. The van der Waals surface area contributed by atoms with Gasteiger partial charge in [-0.1, -0.05) is 18.2 Å². The third-order valence-electron chi connectivity index (χ3n) is 4.37. The normalized spacial score (nSPS) is 19.5. The van der Waals surface area contributed by atoms with E-state index in [0.29, 0.717) is 17.9 Å². The van der Waals surface area contributed by atoms with Crippen LogP contribution >= 0.6 is 0 Å². The number of carbonyl (C=O) groups excluding carboxylic acids is 2. The lowest BCUT2D eigenvalue weighted by Crippen LogP contribution is -2.58. The largest absolute Gasteiger partial charge is 0.490 e. The van der Waals surface area contributed by atoms with Gasteiger partial charge in [-0.3, -0.25) is 9.59 Å². The van der Waals surface area contributed by atoms with Crippen LogP contribution in [0.15, 0.2) is 54.6 Å². The van der Waals surface area contributed by atoms with Crippen molar-refractivity contribution in [1.82, 2.24) is 4.90 Å². The van der Waals surface area contributed by atoms with Crippen molar-refractivity contribution in [3.05, 3.63) is 66.0 Å². The Kier molecular flexibility index (Phi) is 5.71. The molecule has 7 heteroatoms. The first kappa shape index (κ1) is 18.8. The Bertz CT molecular complexity index is 797. The van der Waals surface area contributed by atoms with E-state index < -0.39 is 11.5 Å². The monoisotopic (exact) mass is 372 g/mol. The molecular weight excluding hydrogens is 351 g/mol. The van der Waals surface area contributed by atoms with E-state index in [2.05, 4.69) is 0 Å². The van der Waals surface area contributed by atoms with Gasteiger partial charge in [0.15, 0.2) is 0 Å². The van der Waals surface area contributed by atoms with Crippen LogP contribution in [0, 0.1) is 5.82 Å². The molecular formula is C20H21FN2O4. The van der Waals surface area contributed by atoms with Gasteiger partial charge >= 0.3 is 0 Å². The summed E-state index contributed by atoms with van der Waals surface area (Å²) in [6, 6.07) is 14.4. The smallest absolute Gasteiger partial charge is 0.254 e. The highest BCUT2D eigenvalue weighted by Crippen LogP contribution is 2.25. The van der Waals surface area contributed by atoms with E-state index >= 15 is 0 Å². The first-order valence-corrected chi connectivity index (χ1v) is 8.62. The minimum absolute atomic E-state index is 0.0140. The van der Waals surface area contributed by atoms with Crippen molar-refractivity contribution in [3.8, 4) is 5.75 Å². The predicted molar refractivity (Wildman–Crippen MR) is 96.7 cm³/mol. The molecule has 2 N–H and O–H groups in total. The molecule has 27 heavy (non-hydrogen) atoms. The Morgan fingerprint density at radius 1 is 1.15 bits per heavy atom. The number of nitrogens with two attached hydrogens (primary N) is 1. The summed E-state index contributed by atoms with van der Waals surface area (Å²) in [6.45, 7) is 0.856. The summed E-state index contributed by atoms with van der Waals surface area (Å²) in [4.78, 5) is 26.0. The standard InChI is InChI=1S/C20H21FN2O4/c21-16-6-8-17(9-7-16)26-14-20(12-18(22)24)13-23(10-11-27-20)19(25)15-4-2-1-3-5-15/h1-9H,10-14H2,(H2,22,24). The molecule has 0 radical (unpaired) electrons. The molecule has 0 bridgehead atoms. The molecule has 1 unspecified atom stereocenters. The van der Waals surface area contributed by atoms with E-state index in [1.165, 1.54) is 24.3 Å². The van der Waals surface area contributed by atoms with Gasteiger partial charge in [-0.05, 0) is 36.4 Å². The average Bonchev–Trinajstić information content (AvgIpc) is 2.67. The second-order valence-corrected chi connectivity index (χ2v) is 6.51. The quantitative estimate of drug-likeness (QED) is 0.841. The number of amides is 2. The summed E-state index contributed by atoms with van der Waals surface area (Å²) in [6.07, 6.45) is -0.0905. The summed E-state index contributed by atoms with van der Waals surface area (Å²) >= 11 is 0. The maximum Gasteiger partial charge on any atom is 0.254 e. The van der Waals surface area contributed by atoms with E-state index in [1.807, 2.05) is 6.07 Å². The van der Waals surface area contributed by atoms with Crippen molar-refractivity contribution in [1.29, 1.82) is 0 Å². The van der Waals surface area contributed by atoms with Crippen molar-refractivity contribution in [2.45, 2.75) is 12.0 Å². The molecule has 0 saturated carbocycles. The lowest BCUT2D eigenvalue weighted by Gasteiger charge is -2.42. The van der Waals surface area contributed by atoms with Crippen LogP contribution in [0.2, 0.25) is 0 Å². The molecule has 1 saturated heterocycles. The SMILES string of the molecule is NC(=O)CC1(COc2ccc(F)cc2)CN(C(=O)c2ccccc2)CCO1. The molecule has 142 valence electrons. The predicted octanol–water partition coefficient (Wildman–Crippen LogP) is 1.99. The Balaban J connectivity index is 1.75. The van der Waals surface area contributed by atoms with Gasteiger partial charge in [-0.25, -0.2) is 4.39 Å². The molecule has 2 aromatic carbocycles. The molecule has 6 nitrogen and oxygen atoms in total. The van der Waals surface area contributed by atoms with E-state index in [9.17, 15) is 14.0 Å². The number of carbonyl (C=O) groups is 2. The van der Waals surface area contributed by atoms with Crippen LogP contribution in [0.3, 0.4) is 0 Å². The van der Waals surface area contributed by atoms with Gasteiger partial charge in [0.25, 0.3) is 5.91 Å². The summed E-state index contributed by atoms with van der Waals surface area (Å²) < 4.78 is 24.6. The van der Waals surface area contributed by atoms with Crippen molar-refractivity contribution < 1.29 is 23.5 Å².